The Labute approximate surface area is 66.3 Å². The van der Waals surface area contributed by atoms with E-state index in [1.807, 2.05) is 0 Å². The topological polar surface area (TPSA) is 23.1 Å². The van der Waals surface area contributed by atoms with E-state index in [1.54, 1.807) is 18.2 Å². The van der Waals surface area contributed by atoms with Gasteiger partial charge in [0.2, 0.25) is 0 Å². The predicted octanol–water partition coefficient (Wildman–Crippen LogP) is 1.96. The lowest BCUT2D eigenvalue weighted by Crippen LogP contribution is -1.88. The van der Waals surface area contributed by atoms with E-state index in [0.29, 0.717) is 0 Å². The third kappa shape index (κ3) is 1.71. The van der Waals surface area contributed by atoms with Crippen molar-refractivity contribution in [3.63, 3.8) is 0 Å². The highest BCUT2D eigenvalue weighted by molar-refractivity contribution is 5.71. The van der Waals surface area contributed by atoms with E-state index in [9.17, 15) is 5.11 Å². The monoisotopic (exact) mass is 145 g/mol. The number of benzene rings is 1. The molecule has 0 amide bonds. The van der Waals surface area contributed by atoms with E-state index >= 15 is 0 Å². The van der Waals surface area contributed by atoms with Crippen molar-refractivity contribution < 1.29 is 5.11 Å². The van der Waals surface area contributed by atoms with Crippen LogP contribution in [0.25, 0.3) is 5.57 Å². The highest BCUT2D eigenvalue weighted by Crippen LogP contribution is 2.14. The van der Waals surface area contributed by atoms with E-state index in [1.165, 1.54) is 12.1 Å². The Hall–Kier alpha value is -1.50. The molecule has 0 fully saturated rings. The zero-order chi connectivity index (χ0) is 8.27. The van der Waals surface area contributed by atoms with E-state index < -0.39 is 0 Å². The van der Waals surface area contributed by atoms with Crippen molar-refractivity contribution in [2.45, 2.75) is 0 Å². The summed E-state index contributed by atoms with van der Waals surface area (Å²) in [6.45, 7) is 7.33. The molecule has 0 radical (unpaired) electrons. The first-order valence-corrected chi connectivity index (χ1v) is 3.33. The summed E-state index contributed by atoms with van der Waals surface area (Å²) in [7, 11) is 0. The zero-order valence-corrected chi connectivity index (χ0v) is 6.21. The van der Waals surface area contributed by atoms with E-state index in [0.717, 1.165) is 11.1 Å². The van der Waals surface area contributed by atoms with Crippen molar-refractivity contribution in [2.75, 3.05) is 0 Å². The normalized spacial score (nSPS) is 9.09. The molecule has 0 aliphatic heterocycles. The fourth-order valence-corrected chi connectivity index (χ4v) is 0.787. The summed E-state index contributed by atoms with van der Waals surface area (Å²) in [5.41, 5.74) is 1.78. The molecule has 0 saturated carbocycles. The smallest absolute Gasteiger partial charge is 0.0191 e. The van der Waals surface area contributed by atoms with Gasteiger partial charge in [0, 0.05) is 0 Å². The van der Waals surface area contributed by atoms with Gasteiger partial charge in [0.1, 0.15) is 0 Å². The van der Waals surface area contributed by atoms with Crippen molar-refractivity contribution in [3.05, 3.63) is 49.1 Å². The maximum absolute atomic E-state index is 10.7. The molecular formula is C10H9O-. The summed E-state index contributed by atoms with van der Waals surface area (Å²) in [6.07, 6.45) is 1.67. The molecule has 0 saturated heterocycles. The van der Waals surface area contributed by atoms with Crippen LogP contribution in [0.1, 0.15) is 5.56 Å². The molecule has 1 aromatic rings. The van der Waals surface area contributed by atoms with Gasteiger partial charge in [-0.1, -0.05) is 43.5 Å². The van der Waals surface area contributed by atoms with Crippen LogP contribution in [0.5, 0.6) is 5.75 Å². The molecule has 0 aliphatic carbocycles. The Kier molecular flexibility index (Phi) is 2.12. The summed E-state index contributed by atoms with van der Waals surface area (Å²) in [6, 6.07) is 6.52. The van der Waals surface area contributed by atoms with Crippen LogP contribution < -0.4 is 5.11 Å². The lowest BCUT2D eigenvalue weighted by atomic mass is 10.1. The summed E-state index contributed by atoms with van der Waals surface area (Å²) < 4.78 is 0. The Morgan fingerprint density at radius 1 is 1.27 bits per heavy atom. The second-order valence-electron chi connectivity index (χ2n) is 2.25. The van der Waals surface area contributed by atoms with Crippen LogP contribution in [-0.2, 0) is 0 Å². The second-order valence-corrected chi connectivity index (χ2v) is 2.25. The van der Waals surface area contributed by atoms with Gasteiger partial charge in [0.15, 0.2) is 0 Å². The summed E-state index contributed by atoms with van der Waals surface area (Å²) in [5.74, 6) is 0.0191. The van der Waals surface area contributed by atoms with Crippen molar-refractivity contribution in [1.29, 1.82) is 0 Å². The van der Waals surface area contributed by atoms with Gasteiger partial charge in [-0.05, 0) is 11.1 Å². The average Bonchev–Trinajstić information content (AvgIpc) is 2.05. The predicted molar refractivity (Wildman–Crippen MR) is 45.1 cm³/mol. The van der Waals surface area contributed by atoms with Crippen molar-refractivity contribution in [1.82, 2.24) is 0 Å². The van der Waals surface area contributed by atoms with Crippen LogP contribution in [0.2, 0.25) is 0 Å². The third-order valence-electron chi connectivity index (χ3n) is 1.47. The maximum Gasteiger partial charge on any atom is -0.0191 e. The first-order chi connectivity index (χ1) is 5.24. The van der Waals surface area contributed by atoms with Crippen LogP contribution in [0.3, 0.4) is 0 Å². The van der Waals surface area contributed by atoms with Crippen LogP contribution >= 0.6 is 0 Å². The fraction of sp³-hybridized carbons (Fsp3) is 0. The number of hydrogen-bond acceptors (Lipinski definition) is 1. The SMILES string of the molecule is C=CC(=C)c1ccc([O-])cc1. The molecule has 0 spiro atoms. The van der Waals surface area contributed by atoms with Gasteiger partial charge in [0.05, 0.1) is 0 Å². The minimum Gasteiger partial charge on any atom is -0.872 e. The largest absolute Gasteiger partial charge is 0.872 e. The van der Waals surface area contributed by atoms with Gasteiger partial charge < -0.3 is 5.11 Å². The third-order valence-corrected chi connectivity index (χ3v) is 1.47. The van der Waals surface area contributed by atoms with Crippen LogP contribution in [-0.4, -0.2) is 0 Å². The van der Waals surface area contributed by atoms with E-state index in [2.05, 4.69) is 13.2 Å². The molecule has 1 heteroatoms. The van der Waals surface area contributed by atoms with Crippen molar-refractivity contribution >= 4 is 5.57 Å². The molecular weight excluding hydrogens is 136 g/mol. The maximum atomic E-state index is 10.7. The Morgan fingerprint density at radius 2 is 1.82 bits per heavy atom. The molecule has 0 unspecified atom stereocenters. The van der Waals surface area contributed by atoms with Gasteiger partial charge in [-0.15, -0.1) is 5.75 Å². The highest BCUT2D eigenvalue weighted by Gasteiger charge is 1.90. The van der Waals surface area contributed by atoms with E-state index in [4.69, 9.17) is 0 Å². The van der Waals surface area contributed by atoms with E-state index in [-0.39, 0.29) is 5.75 Å². The van der Waals surface area contributed by atoms with Crippen molar-refractivity contribution in [3.8, 4) is 5.75 Å². The van der Waals surface area contributed by atoms with Crippen molar-refractivity contribution in [2.24, 2.45) is 0 Å². The second kappa shape index (κ2) is 3.06. The number of allylic oxidation sites excluding steroid dienone is 2. The average molecular weight is 145 g/mol. The molecule has 0 atom stereocenters. The van der Waals surface area contributed by atoms with Crippen LogP contribution in [0, 0.1) is 0 Å². The van der Waals surface area contributed by atoms with Crippen LogP contribution in [0.15, 0.2) is 43.5 Å². The Morgan fingerprint density at radius 3 is 2.27 bits per heavy atom. The van der Waals surface area contributed by atoms with Gasteiger partial charge >= 0.3 is 0 Å². The Balaban J connectivity index is 2.98. The summed E-state index contributed by atoms with van der Waals surface area (Å²) in [5, 5.41) is 10.7. The molecule has 1 rings (SSSR count). The lowest BCUT2D eigenvalue weighted by molar-refractivity contribution is -0.268. The molecule has 0 heterocycles. The van der Waals surface area contributed by atoms with Crippen LogP contribution in [0.4, 0.5) is 0 Å². The minimum absolute atomic E-state index is 0.0191. The fourth-order valence-electron chi connectivity index (χ4n) is 0.787. The molecule has 11 heavy (non-hydrogen) atoms. The molecule has 56 valence electrons. The number of rotatable bonds is 2. The van der Waals surface area contributed by atoms with Gasteiger partial charge in [-0.25, -0.2) is 0 Å². The summed E-state index contributed by atoms with van der Waals surface area (Å²) >= 11 is 0. The molecule has 1 aromatic carbocycles. The lowest BCUT2D eigenvalue weighted by Gasteiger charge is -2.05. The highest BCUT2D eigenvalue weighted by atomic mass is 16.3. The zero-order valence-electron chi connectivity index (χ0n) is 6.21. The quantitative estimate of drug-likeness (QED) is 0.583. The van der Waals surface area contributed by atoms with Gasteiger partial charge in [-0.2, -0.15) is 0 Å². The number of hydrogen-bond donors (Lipinski definition) is 0. The first-order valence-electron chi connectivity index (χ1n) is 3.33. The molecule has 0 aliphatic rings. The standard InChI is InChI=1S/C10H10O/c1-3-8(2)9-4-6-10(11)7-5-9/h3-7,11H,1-2H2/p-1. The Bertz CT molecular complexity index is 269. The first kappa shape index (κ1) is 7.61. The van der Waals surface area contributed by atoms with Gasteiger partial charge in [-0.3, -0.25) is 0 Å². The molecule has 0 aromatic heterocycles. The minimum atomic E-state index is 0.0191. The molecule has 1 nitrogen and oxygen atoms in total. The summed E-state index contributed by atoms with van der Waals surface area (Å²) in [4.78, 5) is 0. The molecule has 0 N–H and O–H groups in total. The van der Waals surface area contributed by atoms with Gasteiger partial charge in [0.25, 0.3) is 0 Å². The molecule has 0 bridgehead atoms.